The van der Waals surface area contributed by atoms with Crippen LogP contribution in [0.2, 0.25) is 0 Å². The summed E-state index contributed by atoms with van der Waals surface area (Å²) in [4.78, 5) is 0. The van der Waals surface area contributed by atoms with Crippen LogP contribution in [0.4, 0.5) is 0 Å². The average Bonchev–Trinajstić information content (AvgIpc) is 3.33. The molecule has 2 rings (SSSR count). The van der Waals surface area contributed by atoms with Gasteiger partial charge < -0.3 is 18.9 Å². The van der Waals surface area contributed by atoms with Crippen LogP contribution in [0.3, 0.4) is 0 Å². The molecule has 30 heavy (non-hydrogen) atoms. The van der Waals surface area contributed by atoms with Crippen molar-refractivity contribution in [2.24, 2.45) is 10.3 Å². The van der Waals surface area contributed by atoms with Crippen LogP contribution < -0.4 is 4.72 Å². The Morgan fingerprint density at radius 3 is 1.97 bits per heavy atom. The minimum absolute atomic E-state index is 0.174. The van der Waals surface area contributed by atoms with Crippen LogP contribution in [0, 0.1) is 5.92 Å². The highest BCUT2D eigenvalue weighted by atomic mass is 32.2. The van der Waals surface area contributed by atoms with Gasteiger partial charge in [-0.1, -0.05) is 0 Å². The highest BCUT2D eigenvalue weighted by Crippen LogP contribution is 2.24. The minimum Gasteiger partial charge on any atom is -0.350 e. The second-order valence-corrected chi connectivity index (χ2v) is 13.5. The van der Waals surface area contributed by atoms with Crippen LogP contribution in [0.1, 0.15) is 60.8 Å². The quantitative estimate of drug-likeness (QED) is 0.497. The highest BCUT2D eigenvalue weighted by Gasteiger charge is 2.32. The van der Waals surface area contributed by atoms with E-state index in [9.17, 15) is 8.42 Å². The molecule has 0 aromatic heterocycles. The summed E-state index contributed by atoms with van der Waals surface area (Å²) in [6.45, 7) is 13.7. The summed E-state index contributed by atoms with van der Waals surface area (Å²) < 4.78 is 54.6. The maximum absolute atomic E-state index is 12.9. The molecule has 176 valence electrons. The first kappa shape index (κ1) is 26.0. The van der Waals surface area contributed by atoms with Crippen LogP contribution in [-0.2, 0) is 40.9 Å². The van der Waals surface area contributed by atoms with Crippen molar-refractivity contribution in [3.05, 3.63) is 0 Å². The Bertz CT molecular complexity index is 605. The number of ether oxygens (including phenoxy) is 4. The number of nitrogens with zero attached hydrogens (tertiary/aromatic N) is 1. The summed E-state index contributed by atoms with van der Waals surface area (Å²) in [7, 11) is -2.65. The highest BCUT2D eigenvalue weighted by molar-refractivity contribution is 7.85. The largest absolute Gasteiger partial charge is 0.350 e. The van der Waals surface area contributed by atoms with E-state index in [1.54, 1.807) is 6.21 Å². The summed E-state index contributed by atoms with van der Waals surface area (Å²) >= 11 is 0. The lowest BCUT2D eigenvalue weighted by molar-refractivity contribution is -0.0582. The molecule has 0 aliphatic carbocycles. The summed E-state index contributed by atoms with van der Waals surface area (Å²) in [6.07, 6.45) is 2.99. The Morgan fingerprint density at radius 1 is 0.933 bits per heavy atom. The van der Waals surface area contributed by atoms with E-state index in [0.29, 0.717) is 45.7 Å². The second-order valence-electron chi connectivity index (χ2n) is 9.54. The van der Waals surface area contributed by atoms with Crippen molar-refractivity contribution in [2.45, 2.75) is 88.9 Å². The second kappa shape index (κ2) is 11.6. The summed E-state index contributed by atoms with van der Waals surface area (Å²) in [6, 6.07) is -0.189. The topological polar surface area (TPSA) is 95.5 Å². The lowest BCUT2D eigenvalue weighted by Gasteiger charge is -2.30. The fourth-order valence-corrected chi connectivity index (χ4v) is 4.45. The van der Waals surface area contributed by atoms with Crippen molar-refractivity contribution in [1.29, 1.82) is 0 Å². The predicted octanol–water partition coefficient (Wildman–Crippen LogP) is 2.47. The van der Waals surface area contributed by atoms with Gasteiger partial charge in [0.1, 0.15) is 11.0 Å². The molecule has 2 aliphatic heterocycles. The van der Waals surface area contributed by atoms with E-state index in [-0.39, 0.29) is 24.5 Å². The zero-order valence-electron chi connectivity index (χ0n) is 19.0. The molecule has 1 N–H and O–H groups in total. The molecule has 2 heterocycles. The van der Waals surface area contributed by atoms with Gasteiger partial charge >= 0.3 is 0 Å². The monoisotopic (exact) mass is 466 g/mol. The van der Waals surface area contributed by atoms with Crippen molar-refractivity contribution in [3.63, 3.8) is 0 Å². The van der Waals surface area contributed by atoms with Gasteiger partial charge in [0.15, 0.2) is 12.6 Å². The van der Waals surface area contributed by atoms with Gasteiger partial charge in [0, 0.05) is 24.6 Å². The molecule has 0 radical (unpaired) electrons. The van der Waals surface area contributed by atoms with Gasteiger partial charge in [-0.25, -0.2) is 13.1 Å². The minimum atomic E-state index is -1.38. The molecular weight excluding hydrogens is 428 g/mol. The van der Waals surface area contributed by atoms with Crippen molar-refractivity contribution < 1.29 is 27.4 Å². The fraction of sp³-hybridized carbons (Fsp3) is 0.950. The summed E-state index contributed by atoms with van der Waals surface area (Å²) in [5, 5.41) is 0. The maximum Gasteiger partial charge on any atom is 0.158 e. The molecule has 10 heteroatoms. The van der Waals surface area contributed by atoms with Crippen LogP contribution in [0.25, 0.3) is 0 Å². The summed E-state index contributed by atoms with van der Waals surface area (Å²) in [5.41, 5.74) is 0. The Hall–Kier alpha value is -0.230. The number of hydrogen-bond acceptors (Lipinski definition) is 6. The zero-order chi connectivity index (χ0) is 22.4. The molecule has 0 amide bonds. The van der Waals surface area contributed by atoms with Gasteiger partial charge in [-0.2, -0.15) is 4.40 Å². The number of hydrogen-bond donors (Lipinski definition) is 1. The molecule has 0 saturated carbocycles. The first-order valence-corrected chi connectivity index (χ1v) is 12.8. The molecule has 2 saturated heterocycles. The van der Waals surface area contributed by atoms with E-state index in [4.69, 9.17) is 18.9 Å². The smallest absolute Gasteiger partial charge is 0.158 e. The van der Waals surface area contributed by atoms with Crippen LogP contribution >= 0.6 is 0 Å². The molecule has 4 atom stereocenters. The number of rotatable bonds is 10. The Morgan fingerprint density at radius 2 is 1.47 bits per heavy atom. The first-order chi connectivity index (χ1) is 14.0. The summed E-state index contributed by atoms with van der Waals surface area (Å²) in [5.74, 6) is -0.174. The van der Waals surface area contributed by atoms with E-state index < -0.39 is 31.5 Å². The Balaban J connectivity index is 2.19. The van der Waals surface area contributed by atoms with Gasteiger partial charge in [0.05, 0.1) is 46.9 Å². The van der Waals surface area contributed by atoms with Gasteiger partial charge in [-0.15, -0.1) is 0 Å². The lowest BCUT2D eigenvalue weighted by Crippen LogP contribution is -2.45. The maximum atomic E-state index is 12.9. The number of nitrogens with one attached hydrogen (secondary N) is 1. The van der Waals surface area contributed by atoms with Gasteiger partial charge in [0.2, 0.25) is 0 Å². The van der Waals surface area contributed by atoms with E-state index in [1.165, 1.54) is 0 Å². The van der Waals surface area contributed by atoms with E-state index in [2.05, 4.69) is 9.12 Å². The first-order valence-electron chi connectivity index (χ1n) is 10.6. The average molecular weight is 467 g/mol. The SMILES string of the molecule is CC(C)(C)S(=O)/N=C/[C@H](CC1OCCO1)[C@H](CCC1OCCO1)NS(=O)C(C)(C)C. The normalized spacial score (nSPS) is 23.8. The van der Waals surface area contributed by atoms with Crippen LogP contribution in [0.5, 0.6) is 0 Å². The molecule has 8 nitrogen and oxygen atoms in total. The van der Waals surface area contributed by atoms with Crippen LogP contribution in [0.15, 0.2) is 4.40 Å². The van der Waals surface area contributed by atoms with Crippen LogP contribution in [-0.4, -0.2) is 69.2 Å². The van der Waals surface area contributed by atoms with Crippen molar-refractivity contribution in [3.8, 4) is 0 Å². The van der Waals surface area contributed by atoms with E-state index >= 15 is 0 Å². The standard InChI is InChI=1S/C20H38N2O6S2/c1-19(2,3)29(23)21-14-15(13-18-27-11-12-28-18)16(22-30(24)20(4,5)6)7-8-17-25-9-10-26-17/h14-18,22H,7-13H2,1-6H3/b21-14+/t15-,16-,29?,30?/m0/s1. The molecule has 0 bridgehead atoms. The van der Waals surface area contributed by atoms with Gasteiger partial charge in [-0.05, 0) is 54.4 Å². The van der Waals surface area contributed by atoms with Crippen molar-refractivity contribution in [1.82, 2.24) is 4.72 Å². The molecule has 0 aromatic rings. The third-order valence-corrected chi connectivity index (χ3v) is 7.75. The van der Waals surface area contributed by atoms with Gasteiger partial charge in [-0.3, -0.25) is 0 Å². The Labute approximate surface area is 186 Å². The molecule has 2 fully saturated rings. The lowest BCUT2D eigenvalue weighted by atomic mass is 9.94. The molecule has 2 unspecified atom stereocenters. The molecular formula is C20H38N2O6S2. The zero-order valence-corrected chi connectivity index (χ0v) is 20.7. The van der Waals surface area contributed by atoms with Crippen molar-refractivity contribution >= 4 is 28.2 Å². The molecule has 0 spiro atoms. The molecule has 0 aromatic carbocycles. The predicted molar refractivity (Wildman–Crippen MR) is 120 cm³/mol. The molecule has 2 aliphatic rings. The van der Waals surface area contributed by atoms with Crippen molar-refractivity contribution in [2.75, 3.05) is 26.4 Å². The van der Waals surface area contributed by atoms with E-state index in [0.717, 1.165) is 0 Å². The van der Waals surface area contributed by atoms with E-state index in [1.807, 2.05) is 41.5 Å². The third kappa shape index (κ3) is 8.72. The fourth-order valence-electron chi connectivity index (χ4n) is 2.95. The van der Waals surface area contributed by atoms with Gasteiger partial charge in [0.25, 0.3) is 0 Å². The Kier molecular flexibility index (Phi) is 10.0. The third-order valence-electron chi connectivity index (χ3n) is 4.76.